The molecule has 0 aromatic carbocycles. The first-order valence-electron chi connectivity index (χ1n) is 4.56. The van der Waals surface area contributed by atoms with Crippen molar-refractivity contribution >= 4 is 5.91 Å². The third-order valence-corrected chi connectivity index (χ3v) is 2.29. The molecular weight excluding hydrogens is 150 g/mol. The van der Waals surface area contributed by atoms with E-state index < -0.39 is 0 Å². The fraction of sp³-hybridized carbons (Fsp3) is 0.700. The van der Waals surface area contributed by atoms with Crippen LogP contribution in [0.2, 0.25) is 0 Å². The SMILES string of the molecule is C#CCCC1CCCCNC1=O. The van der Waals surface area contributed by atoms with E-state index in [1.165, 1.54) is 0 Å². The van der Waals surface area contributed by atoms with Crippen LogP contribution in [0.5, 0.6) is 0 Å². The van der Waals surface area contributed by atoms with Gasteiger partial charge in [0.1, 0.15) is 0 Å². The molecular formula is C10H15NO. The highest BCUT2D eigenvalue weighted by atomic mass is 16.1. The van der Waals surface area contributed by atoms with Crippen LogP contribution in [-0.2, 0) is 4.79 Å². The number of hydrogen-bond donors (Lipinski definition) is 1. The van der Waals surface area contributed by atoms with Gasteiger partial charge < -0.3 is 5.32 Å². The molecule has 0 bridgehead atoms. The summed E-state index contributed by atoms with van der Waals surface area (Å²) in [7, 11) is 0. The first kappa shape index (κ1) is 9.12. The van der Waals surface area contributed by atoms with E-state index in [4.69, 9.17) is 6.42 Å². The Morgan fingerprint density at radius 3 is 3.17 bits per heavy atom. The summed E-state index contributed by atoms with van der Waals surface area (Å²) >= 11 is 0. The monoisotopic (exact) mass is 165 g/mol. The molecule has 1 fully saturated rings. The Kier molecular flexibility index (Phi) is 3.66. The van der Waals surface area contributed by atoms with Crippen LogP contribution in [0.1, 0.15) is 32.1 Å². The molecule has 1 heterocycles. The van der Waals surface area contributed by atoms with Crippen molar-refractivity contribution in [2.45, 2.75) is 32.1 Å². The third kappa shape index (κ3) is 2.58. The van der Waals surface area contributed by atoms with Crippen LogP contribution in [0.25, 0.3) is 0 Å². The van der Waals surface area contributed by atoms with Crippen molar-refractivity contribution in [2.75, 3.05) is 6.54 Å². The van der Waals surface area contributed by atoms with Crippen molar-refractivity contribution in [2.24, 2.45) is 5.92 Å². The summed E-state index contributed by atoms with van der Waals surface area (Å²) in [4.78, 5) is 11.3. The van der Waals surface area contributed by atoms with Gasteiger partial charge in [0.2, 0.25) is 5.91 Å². The minimum atomic E-state index is 0.170. The maximum Gasteiger partial charge on any atom is 0.223 e. The van der Waals surface area contributed by atoms with Crippen LogP contribution in [0.3, 0.4) is 0 Å². The lowest BCUT2D eigenvalue weighted by molar-refractivity contribution is -0.124. The first-order chi connectivity index (χ1) is 5.84. The molecule has 2 nitrogen and oxygen atoms in total. The summed E-state index contributed by atoms with van der Waals surface area (Å²) in [5, 5.41) is 2.90. The predicted octanol–water partition coefficient (Wildman–Crippen LogP) is 1.32. The summed E-state index contributed by atoms with van der Waals surface area (Å²) in [5.74, 6) is 2.94. The highest BCUT2D eigenvalue weighted by Crippen LogP contribution is 2.17. The Morgan fingerprint density at radius 2 is 2.42 bits per heavy atom. The molecule has 1 aliphatic heterocycles. The van der Waals surface area contributed by atoms with Gasteiger partial charge in [0.05, 0.1) is 0 Å². The van der Waals surface area contributed by atoms with Crippen molar-refractivity contribution in [3.8, 4) is 12.3 Å². The number of carbonyl (C=O) groups is 1. The van der Waals surface area contributed by atoms with Gasteiger partial charge in [-0.15, -0.1) is 12.3 Å². The lowest BCUT2D eigenvalue weighted by atomic mass is 9.97. The van der Waals surface area contributed by atoms with Gasteiger partial charge in [0.25, 0.3) is 0 Å². The average molecular weight is 165 g/mol. The summed E-state index contributed by atoms with van der Waals surface area (Å²) < 4.78 is 0. The predicted molar refractivity (Wildman–Crippen MR) is 48.4 cm³/mol. The van der Waals surface area contributed by atoms with Crippen LogP contribution >= 0.6 is 0 Å². The van der Waals surface area contributed by atoms with E-state index in [0.717, 1.165) is 38.6 Å². The summed E-state index contributed by atoms with van der Waals surface area (Å²) in [5.41, 5.74) is 0. The Labute approximate surface area is 73.7 Å². The second-order valence-electron chi connectivity index (χ2n) is 3.23. The number of nitrogens with one attached hydrogen (secondary N) is 1. The van der Waals surface area contributed by atoms with E-state index in [9.17, 15) is 4.79 Å². The van der Waals surface area contributed by atoms with Crippen LogP contribution in [-0.4, -0.2) is 12.5 Å². The van der Waals surface area contributed by atoms with Gasteiger partial charge in [-0.1, -0.05) is 6.42 Å². The van der Waals surface area contributed by atoms with Gasteiger partial charge in [0.15, 0.2) is 0 Å². The zero-order valence-corrected chi connectivity index (χ0v) is 7.31. The zero-order chi connectivity index (χ0) is 8.81. The number of amides is 1. The minimum absolute atomic E-state index is 0.170. The minimum Gasteiger partial charge on any atom is -0.356 e. The fourth-order valence-electron chi connectivity index (χ4n) is 1.54. The number of rotatable bonds is 2. The number of hydrogen-bond acceptors (Lipinski definition) is 1. The molecule has 1 atom stereocenters. The molecule has 0 aromatic rings. The third-order valence-electron chi connectivity index (χ3n) is 2.29. The second-order valence-corrected chi connectivity index (χ2v) is 3.23. The molecule has 1 aliphatic rings. The molecule has 0 aliphatic carbocycles. The van der Waals surface area contributed by atoms with Crippen LogP contribution < -0.4 is 5.32 Å². The fourth-order valence-corrected chi connectivity index (χ4v) is 1.54. The molecule has 66 valence electrons. The molecule has 1 rings (SSSR count). The maximum atomic E-state index is 11.3. The van der Waals surface area contributed by atoms with Gasteiger partial charge in [-0.2, -0.15) is 0 Å². The van der Waals surface area contributed by atoms with E-state index in [1.807, 2.05) is 0 Å². The van der Waals surface area contributed by atoms with Crippen molar-refractivity contribution < 1.29 is 4.79 Å². The van der Waals surface area contributed by atoms with Crippen molar-refractivity contribution in [3.63, 3.8) is 0 Å². The normalized spacial score (nSPS) is 23.9. The van der Waals surface area contributed by atoms with E-state index >= 15 is 0 Å². The van der Waals surface area contributed by atoms with Gasteiger partial charge in [0, 0.05) is 18.9 Å². The highest BCUT2D eigenvalue weighted by Gasteiger charge is 2.19. The second kappa shape index (κ2) is 4.82. The molecule has 0 spiro atoms. The Balaban J connectivity index is 2.38. The van der Waals surface area contributed by atoms with Gasteiger partial charge in [-0.25, -0.2) is 0 Å². The lowest BCUT2D eigenvalue weighted by Crippen LogP contribution is -2.28. The summed E-state index contributed by atoms with van der Waals surface area (Å²) in [6.07, 6.45) is 9.98. The van der Waals surface area contributed by atoms with E-state index in [0.29, 0.717) is 0 Å². The summed E-state index contributed by atoms with van der Waals surface area (Å²) in [6, 6.07) is 0. The van der Waals surface area contributed by atoms with Crippen molar-refractivity contribution in [3.05, 3.63) is 0 Å². The van der Waals surface area contributed by atoms with Gasteiger partial charge in [-0.3, -0.25) is 4.79 Å². The Morgan fingerprint density at radius 1 is 1.58 bits per heavy atom. The number of carbonyl (C=O) groups excluding carboxylic acids is 1. The summed E-state index contributed by atoms with van der Waals surface area (Å²) in [6.45, 7) is 0.839. The van der Waals surface area contributed by atoms with Crippen LogP contribution in [0.15, 0.2) is 0 Å². The molecule has 12 heavy (non-hydrogen) atoms. The molecule has 0 aromatic heterocycles. The topological polar surface area (TPSA) is 29.1 Å². The van der Waals surface area contributed by atoms with Crippen molar-refractivity contribution in [1.29, 1.82) is 0 Å². The van der Waals surface area contributed by atoms with E-state index in [2.05, 4.69) is 11.2 Å². The molecule has 1 saturated heterocycles. The van der Waals surface area contributed by atoms with Crippen LogP contribution in [0, 0.1) is 18.3 Å². The van der Waals surface area contributed by atoms with Gasteiger partial charge >= 0.3 is 0 Å². The molecule has 0 radical (unpaired) electrons. The Bertz CT molecular complexity index is 193. The lowest BCUT2D eigenvalue weighted by Gasteiger charge is -2.10. The molecule has 0 saturated carbocycles. The van der Waals surface area contributed by atoms with E-state index in [1.54, 1.807) is 0 Å². The Hall–Kier alpha value is -0.970. The molecule has 2 heteroatoms. The number of terminal acetylenes is 1. The van der Waals surface area contributed by atoms with E-state index in [-0.39, 0.29) is 11.8 Å². The van der Waals surface area contributed by atoms with Crippen molar-refractivity contribution in [1.82, 2.24) is 5.32 Å². The van der Waals surface area contributed by atoms with Gasteiger partial charge in [-0.05, 0) is 19.3 Å². The molecule has 1 unspecified atom stereocenters. The smallest absolute Gasteiger partial charge is 0.223 e. The molecule has 1 amide bonds. The largest absolute Gasteiger partial charge is 0.356 e. The van der Waals surface area contributed by atoms with Crippen LogP contribution in [0.4, 0.5) is 0 Å². The first-order valence-corrected chi connectivity index (χ1v) is 4.56. The average Bonchev–Trinajstić information content (AvgIpc) is 2.27. The quantitative estimate of drug-likeness (QED) is 0.614. The highest BCUT2D eigenvalue weighted by molar-refractivity contribution is 5.78. The maximum absolute atomic E-state index is 11.3. The standard InChI is InChI=1S/C10H15NO/c1-2-3-6-9-7-4-5-8-11-10(9)12/h1,9H,3-8H2,(H,11,12). The molecule has 1 N–H and O–H groups in total. The zero-order valence-electron chi connectivity index (χ0n) is 7.31.